The average molecular weight is 434 g/mol. The van der Waals surface area contributed by atoms with Crippen molar-refractivity contribution >= 4 is 27.9 Å². The zero-order chi connectivity index (χ0) is 23.3. The second kappa shape index (κ2) is 7.77. The number of imidazole rings is 1. The summed E-state index contributed by atoms with van der Waals surface area (Å²) in [5.41, 5.74) is 9.55. The molecule has 0 unspecified atom stereocenters. The van der Waals surface area contributed by atoms with Crippen LogP contribution < -0.4 is 5.32 Å². The number of fused-ring (bicyclic) bond motifs is 3. The summed E-state index contributed by atoms with van der Waals surface area (Å²) >= 11 is 0. The first-order chi connectivity index (χ1) is 15.7. The summed E-state index contributed by atoms with van der Waals surface area (Å²) in [5, 5.41) is 6.03. The van der Waals surface area contributed by atoms with E-state index in [9.17, 15) is 0 Å². The number of rotatable bonds is 3. The number of nitrogens with one attached hydrogen (secondary N) is 1. The summed E-state index contributed by atoms with van der Waals surface area (Å²) in [6, 6.07) is 23.8. The van der Waals surface area contributed by atoms with E-state index >= 15 is 0 Å². The highest BCUT2D eigenvalue weighted by Gasteiger charge is 2.26. The molecule has 166 valence electrons. The van der Waals surface area contributed by atoms with Crippen LogP contribution in [0.15, 0.2) is 72.9 Å². The lowest BCUT2D eigenvalue weighted by molar-refractivity contribution is 0.564. The van der Waals surface area contributed by atoms with E-state index < -0.39 is 0 Å². The molecule has 5 aromatic rings. The normalized spacial score (nSPS) is 11.9. The molecule has 3 nitrogen and oxygen atoms in total. The molecule has 0 aliphatic carbocycles. The highest BCUT2D eigenvalue weighted by Crippen LogP contribution is 2.41. The molecule has 5 rings (SSSR count). The minimum absolute atomic E-state index is 0.0822. The van der Waals surface area contributed by atoms with Gasteiger partial charge in [0.15, 0.2) is 0 Å². The number of hydrogen-bond donors (Lipinski definition) is 1. The Labute approximate surface area is 196 Å². The number of hydrogen-bond acceptors (Lipinski definition) is 2. The van der Waals surface area contributed by atoms with E-state index in [0.29, 0.717) is 0 Å². The van der Waals surface area contributed by atoms with Gasteiger partial charge in [0.25, 0.3) is 0 Å². The number of aromatic nitrogens is 2. The quantitative estimate of drug-likeness (QED) is 0.311. The Hall–Kier alpha value is -3.59. The molecule has 0 radical (unpaired) electrons. The molecule has 2 heterocycles. The second-order valence-corrected chi connectivity index (χ2v) is 10.1. The Morgan fingerprint density at radius 3 is 2.03 bits per heavy atom. The molecule has 0 aliphatic heterocycles. The van der Waals surface area contributed by atoms with E-state index in [1.165, 1.54) is 38.9 Å². The lowest BCUT2D eigenvalue weighted by atomic mass is 9.83. The minimum atomic E-state index is -0.0822. The lowest BCUT2D eigenvalue weighted by Gasteiger charge is -2.26. The summed E-state index contributed by atoms with van der Waals surface area (Å²) < 4.78 is 2.30. The number of anilines is 2. The Morgan fingerprint density at radius 1 is 0.788 bits per heavy atom. The van der Waals surface area contributed by atoms with Crippen molar-refractivity contribution in [2.45, 2.75) is 47.0 Å². The van der Waals surface area contributed by atoms with Crippen LogP contribution in [0.3, 0.4) is 0 Å². The third-order valence-electron chi connectivity index (χ3n) is 6.32. The SMILES string of the molecule is Cc1cc(C)c(Nc2cn3c(C(C)(C)C)c(-c4ccccc4)c4ccccc4c3n2)c(C)c1. The Morgan fingerprint density at radius 2 is 1.39 bits per heavy atom. The fraction of sp³-hybridized carbons (Fsp3) is 0.233. The third-order valence-corrected chi connectivity index (χ3v) is 6.32. The first-order valence-corrected chi connectivity index (χ1v) is 11.6. The molecule has 0 spiro atoms. The van der Waals surface area contributed by atoms with Crippen molar-refractivity contribution < 1.29 is 0 Å². The van der Waals surface area contributed by atoms with Crippen LogP contribution in [0.2, 0.25) is 0 Å². The summed E-state index contributed by atoms with van der Waals surface area (Å²) in [7, 11) is 0. The third kappa shape index (κ3) is 3.68. The molecule has 33 heavy (non-hydrogen) atoms. The van der Waals surface area contributed by atoms with Gasteiger partial charge in [-0.1, -0.05) is 93.1 Å². The number of pyridine rings is 1. The highest BCUT2D eigenvalue weighted by atomic mass is 15.1. The second-order valence-electron chi connectivity index (χ2n) is 10.1. The predicted molar refractivity (Wildman–Crippen MR) is 141 cm³/mol. The van der Waals surface area contributed by atoms with Gasteiger partial charge in [0.05, 0.1) is 6.20 Å². The van der Waals surface area contributed by atoms with E-state index in [1.807, 2.05) is 0 Å². The molecule has 0 saturated carbocycles. The molecule has 0 bridgehead atoms. The van der Waals surface area contributed by atoms with Crippen molar-refractivity contribution in [3.63, 3.8) is 0 Å². The molecule has 0 atom stereocenters. The van der Waals surface area contributed by atoms with Crippen LogP contribution in [0.25, 0.3) is 27.5 Å². The predicted octanol–water partition coefficient (Wildman–Crippen LogP) is 8.12. The maximum atomic E-state index is 5.10. The van der Waals surface area contributed by atoms with E-state index in [-0.39, 0.29) is 5.41 Å². The van der Waals surface area contributed by atoms with Crippen LogP contribution >= 0.6 is 0 Å². The van der Waals surface area contributed by atoms with Gasteiger partial charge in [0.2, 0.25) is 0 Å². The van der Waals surface area contributed by atoms with Crippen LogP contribution in [-0.2, 0) is 5.41 Å². The monoisotopic (exact) mass is 433 g/mol. The number of benzene rings is 3. The summed E-state index contributed by atoms with van der Waals surface area (Å²) in [5.74, 6) is 0.867. The zero-order valence-electron chi connectivity index (χ0n) is 20.3. The summed E-state index contributed by atoms with van der Waals surface area (Å²) in [6.07, 6.45) is 2.16. The first kappa shape index (κ1) is 21.3. The summed E-state index contributed by atoms with van der Waals surface area (Å²) in [6.45, 7) is 13.3. The van der Waals surface area contributed by atoms with Gasteiger partial charge in [-0.05, 0) is 42.8 Å². The van der Waals surface area contributed by atoms with Crippen LogP contribution in [-0.4, -0.2) is 9.38 Å². The van der Waals surface area contributed by atoms with Crippen molar-refractivity contribution in [3.05, 3.63) is 95.3 Å². The molecule has 0 amide bonds. The molecule has 2 aromatic heterocycles. The van der Waals surface area contributed by atoms with Crippen LogP contribution in [0, 0.1) is 20.8 Å². The van der Waals surface area contributed by atoms with E-state index in [1.54, 1.807) is 0 Å². The molecule has 0 aliphatic rings. The standard InChI is InChI=1S/C30H31N3/c1-19-16-20(2)27(21(3)17-19)31-25-18-33-28(30(4,5)6)26(22-12-8-7-9-13-22)23-14-10-11-15-24(23)29(33)32-25/h7-18,31H,1-6H3. The summed E-state index contributed by atoms with van der Waals surface area (Å²) in [4.78, 5) is 5.10. The average Bonchev–Trinajstić information content (AvgIpc) is 3.18. The molecule has 1 N–H and O–H groups in total. The fourth-order valence-electron chi connectivity index (χ4n) is 5.08. The Balaban J connectivity index is 1.83. The molecular formula is C30H31N3. The van der Waals surface area contributed by atoms with Gasteiger partial charge in [-0.15, -0.1) is 0 Å². The Kier molecular flexibility index (Phi) is 5.01. The largest absolute Gasteiger partial charge is 0.338 e. The maximum absolute atomic E-state index is 5.10. The van der Waals surface area contributed by atoms with E-state index in [2.05, 4.69) is 124 Å². The number of aryl methyl sites for hydroxylation is 3. The smallest absolute Gasteiger partial charge is 0.149 e. The van der Waals surface area contributed by atoms with Crippen molar-refractivity contribution in [1.82, 2.24) is 9.38 Å². The van der Waals surface area contributed by atoms with Crippen LogP contribution in [0.4, 0.5) is 11.5 Å². The number of nitrogens with zero attached hydrogens (tertiary/aromatic N) is 2. The van der Waals surface area contributed by atoms with E-state index in [0.717, 1.165) is 22.5 Å². The molecule has 3 heteroatoms. The van der Waals surface area contributed by atoms with Crippen molar-refractivity contribution in [3.8, 4) is 11.1 Å². The molecule has 0 saturated heterocycles. The van der Waals surface area contributed by atoms with Crippen molar-refractivity contribution in [2.24, 2.45) is 0 Å². The van der Waals surface area contributed by atoms with Crippen LogP contribution in [0.1, 0.15) is 43.2 Å². The Bertz CT molecular complexity index is 1460. The molecule has 0 fully saturated rings. The van der Waals surface area contributed by atoms with Gasteiger partial charge in [-0.2, -0.15) is 0 Å². The van der Waals surface area contributed by atoms with Crippen molar-refractivity contribution in [1.29, 1.82) is 0 Å². The topological polar surface area (TPSA) is 29.3 Å². The van der Waals surface area contributed by atoms with Crippen LogP contribution in [0.5, 0.6) is 0 Å². The molecular weight excluding hydrogens is 402 g/mol. The van der Waals surface area contributed by atoms with E-state index in [4.69, 9.17) is 4.98 Å². The van der Waals surface area contributed by atoms with Gasteiger partial charge in [-0.25, -0.2) is 4.98 Å². The van der Waals surface area contributed by atoms with Gasteiger partial charge < -0.3 is 9.72 Å². The van der Waals surface area contributed by atoms with Gasteiger partial charge in [0, 0.05) is 27.7 Å². The van der Waals surface area contributed by atoms with Gasteiger partial charge >= 0.3 is 0 Å². The zero-order valence-corrected chi connectivity index (χ0v) is 20.3. The minimum Gasteiger partial charge on any atom is -0.338 e. The maximum Gasteiger partial charge on any atom is 0.149 e. The van der Waals surface area contributed by atoms with Gasteiger partial charge in [0.1, 0.15) is 11.5 Å². The van der Waals surface area contributed by atoms with Crippen molar-refractivity contribution in [2.75, 3.05) is 5.32 Å². The highest BCUT2D eigenvalue weighted by molar-refractivity contribution is 6.05. The van der Waals surface area contributed by atoms with Gasteiger partial charge in [-0.3, -0.25) is 0 Å². The first-order valence-electron chi connectivity index (χ1n) is 11.6. The molecule has 3 aromatic carbocycles. The fourth-order valence-corrected chi connectivity index (χ4v) is 5.08. The lowest BCUT2D eigenvalue weighted by Crippen LogP contribution is -2.18.